The molecule has 0 bridgehead atoms. The number of hydrogen-bond donors (Lipinski definition) is 1. The van der Waals surface area contributed by atoms with Crippen molar-refractivity contribution in [1.82, 2.24) is 0 Å². The second-order valence-electron chi connectivity index (χ2n) is 9.15. The Labute approximate surface area is 135 Å². The highest BCUT2D eigenvalue weighted by Crippen LogP contribution is 2.64. The van der Waals surface area contributed by atoms with Crippen LogP contribution >= 0.6 is 0 Å². The molecular weight excluding hydrogens is 270 g/mol. The third-order valence-electron chi connectivity index (χ3n) is 8.21. The van der Waals surface area contributed by atoms with Crippen molar-refractivity contribution in [3.8, 4) is 0 Å². The van der Waals surface area contributed by atoms with Crippen LogP contribution in [0.4, 0.5) is 0 Å². The van der Waals surface area contributed by atoms with E-state index < -0.39 is 0 Å². The number of allylic oxidation sites excluding steroid dienone is 2. The summed E-state index contributed by atoms with van der Waals surface area (Å²) in [5.41, 5.74) is 3.52. The van der Waals surface area contributed by atoms with Crippen LogP contribution in [0.1, 0.15) is 72.1 Å². The third kappa shape index (κ3) is 1.82. The topological polar surface area (TPSA) is 32.6 Å². The number of oxime groups is 1. The zero-order chi connectivity index (χ0) is 15.5. The van der Waals surface area contributed by atoms with Crippen LogP contribution in [0.3, 0.4) is 0 Å². The van der Waals surface area contributed by atoms with Crippen LogP contribution in [-0.2, 0) is 0 Å². The summed E-state index contributed by atoms with van der Waals surface area (Å²) in [5, 5.41) is 13.1. The van der Waals surface area contributed by atoms with Crippen molar-refractivity contribution in [1.29, 1.82) is 0 Å². The molecule has 3 saturated carbocycles. The Hall–Kier alpha value is -0.790. The average molecular weight is 301 g/mol. The molecule has 22 heavy (non-hydrogen) atoms. The van der Waals surface area contributed by atoms with Crippen LogP contribution in [0.5, 0.6) is 0 Å². The van der Waals surface area contributed by atoms with Crippen molar-refractivity contribution in [2.45, 2.75) is 72.1 Å². The normalized spacial score (nSPS) is 52.7. The van der Waals surface area contributed by atoms with Gasteiger partial charge in [-0.1, -0.05) is 37.6 Å². The molecule has 0 spiro atoms. The molecule has 4 aliphatic carbocycles. The maximum atomic E-state index is 9.41. The summed E-state index contributed by atoms with van der Waals surface area (Å²) in [6, 6.07) is 0. The van der Waals surface area contributed by atoms with E-state index in [1.54, 1.807) is 5.57 Å². The molecule has 0 saturated heterocycles. The molecule has 2 nitrogen and oxygen atoms in total. The first-order valence-electron chi connectivity index (χ1n) is 9.40. The molecule has 4 rings (SSSR count). The maximum Gasteiger partial charge on any atom is 0.0632 e. The van der Waals surface area contributed by atoms with E-state index >= 15 is 0 Å². The Balaban J connectivity index is 1.69. The molecule has 2 heteroatoms. The van der Waals surface area contributed by atoms with Gasteiger partial charge in [0.15, 0.2) is 0 Å². The van der Waals surface area contributed by atoms with Gasteiger partial charge >= 0.3 is 0 Å². The molecule has 0 amide bonds. The quantitative estimate of drug-likeness (QED) is 0.362. The van der Waals surface area contributed by atoms with E-state index in [1.807, 2.05) is 0 Å². The lowest BCUT2D eigenvalue weighted by Crippen LogP contribution is -2.50. The Morgan fingerprint density at radius 2 is 1.82 bits per heavy atom. The predicted octanol–water partition coefficient (Wildman–Crippen LogP) is 5.42. The van der Waals surface area contributed by atoms with Gasteiger partial charge in [0.1, 0.15) is 0 Å². The first-order valence-corrected chi connectivity index (χ1v) is 9.40. The van der Waals surface area contributed by atoms with Crippen LogP contribution in [0.25, 0.3) is 0 Å². The van der Waals surface area contributed by atoms with Gasteiger partial charge in [-0.2, -0.15) is 0 Å². The summed E-state index contributed by atoms with van der Waals surface area (Å²) >= 11 is 0. The van der Waals surface area contributed by atoms with Crippen molar-refractivity contribution in [2.24, 2.45) is 39.7 Å². The standard InChI is InChI=1S/C20H31NO/c1-13-8-10-19(2)14(12-13)4-5-15-16-6-7-18(21-22)20(16,3)11-9-17(15)19/h4,13,15-17,22H,5-12H2,1-3H3/b21-18-/t13-,15?,16-,17-,19-,20-/m0/s1. The van der Waals surface area contributed by atoms with Gasteiger partial charge in [0.05, 0.1) is 5.71 Å². The molecule has 6 atom stereocenters. The minimum absolute atomic E-state index is 0.180. The Morgan fingerprint density at radius 3 is 2.59 bits per heavy atom. The lowest BCUT2D eigenvalue weighted by atomic mass is 9.47. The SMILES string of the molecule is C[C@H]1CC[C@@]2(C)C(=CCC3[C@@H]2CC[C@]2(C)/C(=N\O)CC[C@@H]32)C1. The third-order valence-corrected chi connectivity index (χ3v) is 8.21. The summed E-state index contributed by atoms with van der Waals surface area (Å²) in [7, 11) is 0. The van der Waals surface area contributed by atoms with Gasteiger partial charge in [-0.25, -0.2) is 0 Å². The van der Waals surface area contributed by atoms with Gasteiger partial charge in [0.2, 0.25) is 0 Å². The monoisotopic (exact) mass is 301 g/mol. The van der Waals surface area contributed by atoms with E-state index in [4.69, 9.17) is 0 Å². The highest BCUT2D eigenvalue weighted by atomic mass is 16.4. The van der Waals surface area contributed by atoms with Gasteiger partial charge in [-0.3, -0.25) is 0 Å². The fourth-order valence-electron chi connectivity index (χ4n) is 6.80. The van der Waals surface area contributed by atoms with Crippen LogP contribution < -0.4 is 0 Å². The number of fused-ring (bicyclic) bond motifs is 5. The molecule has 0 radical (unpaired) electrons. The zero-order valence-corrected chi connectivity index (χ0v) is 14.4. The van der Waals surface area contributed by atoms with Crippen LogP contribution in [-0.4, -0.2) is 10.9 Å². The molecule has 0 aromatic rings. The number of hydrogen-bond acceptors (Lipinski definition) is 2. The van der Waals surface area contributed by atoms with Crippen LogP contribution in [0.15, 0.2) is 16.8 Å². The highest BCUT2D eigenvalue weighted by Gasteiger charge is 2.57. The fourth-order valence-corrected chi connectivity index (χ4v) is 6.80. The van der Waals surface area contributed by atoms with Crippen LogP contribution in [0, 0.1) is 34.5 Å². The van der Waals surface area contributed by atoms with E-state index in [0.29, 0.717) is 5.41 Å². The second-order valence-corrected chi connectivity index (χ2v) is 9.15. The van der Waals surface area contributed by atoms with Crippen LogP contribution in [0.2, 0.25) is 0 Å². The summed E-state index contributed by atoms with van der Waals surface area (Å²) < 4.78 is 0. The molecule has 1 N–H and O–H groups in total. The van der Waals surface area contributed by atoms with Crippen molar-refractivity contribution in [2.75, 3.05) is 0 Å². The summed E-state index contributed by atoms with van der Waals surface area (Å²) in [6.07, 6.45) is 12.9. The highest BCUT2D eigenvalue weighted by molar-refractivity contribution is 5.92. The second kappa shape index (κ2) is 4.85. The lowest BCUT2D eigenvalue weighted by Gasteiger charge is -2.57. The van der Waals surface area contributed by atoms with Crippen molar-refractivity contribution in [3.05, 3.63) is 11.6 Å². The largest absolute Gasteiger partial charge is 0.411 e. The summed E-state index contributed by atoms with van der Waals surface area (Å²) in [4.78, 5) is 0. The molecule has 4 aliphatic rings. The first kappa shape index (κ1) is 14.8. The molecular formula is C20H31NO. The fraction of sp³-hybridized carbons (Fsp3) is 0.850. The molecule has 3 fully saturated rings. The minimum atomic E-state index is 0.180. The van der Waals surface area contributed by atoms with Crippen molar-refractivity contribution in [3.63, 3.8) is 0 Å². The molecule has 0 aromatic carbocycles. The van der Waals surface area contributed by atoms with E-state index in [1.165, 1.54) is 44.9 Å². The average Bonchev–Trinajstić information content (AvgIpc) is 2.84. The van der Waals surface area contributed by atoms with Gasteiger partial charge in [-0.15, -0.1) is 0 Å². The smallest absolute Gasteiger partial charge is 0.0632 e. The van der Waals surface area contributed by atoms with Gasteiger partial charge in [-0.05, 0) is 80.5 Å². The van der Waals surface area contributed by atoms with Gasteiger partial charge in [0.25, 0.3) is 0 Å². The maximum absolute atomic E-state index is 9.41. The van der Waals surface area contributed by atoms with E-state index in [9.17, 15) is 5.21 Å². The van der Waals surface area contributed by atoms with E-state index in [-0.39, 0.29) is 5.41 Å². The Kier molecular flexibility index (Phi) is 3.26. The first-order chi connectivity index (χ1) is 10.5. The molecule has 0 heterocycles. The van der Waals surface area contributed by atoms with Crippen molar-refractivity contribution >= 4 is 5.71 Å². The van der Waals surface area contributed by atoms with Gasteiger partial charge < -0.3 is 5.21 Å². The molecule has 0 aromatic heterocycles. The Bertz CT molecular complexity index is 536. The van der Waals surface area contributed by atoms with E-state index in [0.717, 1.165) is 35.8 Å². The minimum Gasteiger partial charge on any atom is -0.411 e. The van der Waals surface area contributed by atoms with Crippen molar-refractivity contribution < 1.29 is 5.21 Å². The molecule has 0 aliphatic heterocycles. The predicted molar refractivity (Wildman–Crippen MR) is 90.1 cm³/mol. The summed E-state index contributed by atoms with van der Waals surface area (Å²) in [5.74, 6) is 3.31. The van der Waals surface area contributed by atoms with E-state index in [2.05, 4.69) is 32.0 Å². The summed E-state index contributed by atoms with van der Waals surface area (Å²) in [6.45, 7) is 7.37. The molecule has 122 valence electrons. The Morgan fingerprint density at radius 1 is 1.09 bits per heavy atom. The number of rotatable bonds is 0. The van der Waals surface area contributed by atoms with Gasteiger partial charge in [0, 0.05) is 5.41 Å². The lowest BCUT2D eigenvalue weighted by molar-refractivity contribution is -0.0108. The number of nitrogens with zero attached hydrogens (tertiary/aromatic N) is 1. The zero-order valence-electron chi connectivity index (χ0n) is 14.4. The molecule has 1 unspecified atom stereocenters.